The predicted octanol–water partition coefficient (Wildman–Crippen LogP) is 5.23. The summed E-state index contributed by atoms with van der Waals surface area (Å²) in [6.07, 6.45) is 17.3. The van der Waals surface area contributed by atoms with Gasteiger partial charge >= 0.3 is 0 Å². The van der Waals surface area contributed by atoms with Gasteiger partial charge < -0.3 is 15.0 Å². The van der Waals surface area contributed by atoms with Crippen LogP contribution in [0.1, 0.15) is 26.3 Å². The summed E-state index contributed by atoms with van der Waals surface area (Å²) in [6, 6.07) is 11.0. The molecule has 0 unspecified atom stereocenters. The number of pyridine rings is 4. The van der Waals surface area contributed by atoms with Crippen LogP contribution in [0.3, 0.4) is 0 Å². The van der Waals surface area contributed by atoms with Gasteiger partial charge in [0.25, 0.3) is 5.56 Å². The number of likely N-dealkylation sites (N-methyl/N-ethyl adjacent to an activating group) is 1. The highest BCUT2D eigenvalue weighted by molar-refractivity contribution is 5.87. The summed E-state index contributed by atoms with van der Waals surface area (Å²) in [4.78, 5) is 29.2. The van der Waals surface area contributed by atoms with Crippen molar-refractivity contribution in [3.05, 3.63) is 95.3 Å². The summed E-state index contributed by atoms with van der Waals surface area (Å²) in [7, 11) is 0. The van der Waals surface area contributed by atoms with Crippen molar-refractivity contribution < 1.29 is 4.74 Å². The third kappa shape index (κ3) is 6.58. The van der Waals surface area contributed by atoms with E-state index < -0.39 is 0 Å². The average Bonchev–Trinajstić information content (AvgIpc) is 2.97. The number of anilines is 2. The van der Waals surface area contributed by atoms with Crippen LogP contribution in [0.15, 0.2) is 84.2 Å². The van der Waals surface area contributed by atoms with Crippen LogP contribution in [-0.2, 0) is 0 Å². The van der Waals surface area contributed by atoms with Gasteiger partial charge in [-0.1, -0.05) is 25.8 Å². The Balaban J connectivity index is 1.66. The molecule has 8 heteroatoms. The second-order valence-electron chi connectivity index (χ2n) is 8.66. The third-order valence-electron chi connectivity index (χ3n) is 6.35. The van der Waals surface area contributed by atoms with Crippen LogP contribution in [0, 0.1) is 12.3 Å². The van der Waals surface area contributed by atoms with Crippen molar-refractivity contribution in [2.24, 2.45) is 0 Å². The quantitative estimate of drug-likeness (QED) is 0.214. The molecule has 0 aromatic carbocycles. The van der Waals surface area contributed by atoms with Crippen molar-refractivity contribution in [1.29, 1.82) is 0 Å². The molecule has 4 aromatic rings. The number of hydrogen-bond donors (Lipinski definition) is 1. The molecule has 4 rings (SSSR count). The Morgan fingerprint density at radius 2 is 1.87 bits per heavy atom. The Kier molecular flexibility index (Phi) is 9.22. The van der Waals surface area contributed by atoms with Crippen LogP contribution in [0.4, 0.5) is 11.6 Å². The molecule has 0 saturated carbocycles. The maximum Gasteiger partial charge on any atom is 0.263 e. The normalized spacial score (nSPS) is 11.7. The molecule has 8 nitrogen and oxygen atoms in total. The first kappa shape index (κ1) is 27.3. The van der Waals surface area contributed by atoms with Gasteiger partial charge in [-0.2, -0.15) is 0 Å². The number of allylic oxidation sites excluding steroid dienone is 4. The number of rotatable bonds is 11. The van der Waals surface area contributed by atoms with Crippen molar-refractivity contribution in [3.8, 4) is 23.8 Å². The largest absolute Gasteiger partial charge is 0.491 e. The monoisotopic (exact) mass is 520 g/mol. The van der Waals surface area contributed by atoms with Crippen LogP contribution < -0.4 is 15.6 Å². The van der Waals surface area contributed by atoms with Crippen LogP contribution in [0.2, 0.25) is 0 Å². The smallest absolute Gasteiger partial charge is 0.263 e. The zero-order valence-corrected chi connectivity index (χ0v) is 22.5. The van der Waals surface area contributed by atoms with E-state index in [1.54, 1.807) is 53.6 Å². The minimum absolute atomic E-state index is 0.176. The topological polar surface area (TPSA) is 85.2 Å². The molecule has 0 bridgehead atoms. The van der Waals surface area contributed by atoms with E-state index in [0.29, 0.717) is 40.8 Å². The van der Waals surface area contributed by atoms with Crippen LogP contribution >= 0.6 is 0 Å². The summed E-state index contributed by atoms with van der Waals surface area (Å²) < 4.78 is 7.49. The molecular formula is C31H32N6O2. The molecule has 39 heavy (non-hydrogen) atoms. The lowest BCUT2D eigenvalue weighted by molar-refractivity contribution is 0.222. The number of aromatic nitrogens is 4. The van der Waals surface area contributed by atoms with Gasteiger partial charge in [0.1, 0.15) is 24.0 Å². The lowest BCUT2D eigenvalue weighted by atomic mass is 10.0. The molecule has 0 aliphatic carbocycles. The fourth-order valence-corrected chi connectivity index (χ4v) is 4.21. The summed E-state index contributed by atoms with van der Waals surface area (Å²) in [5, 5.41) is 4.03. The minimum Gasteiger partial charge on any atom is -0.491 e. The van der Waals surface area contributed by atoms with Crippen molar-refractivity contribution in [1.82, 2.24) is 24.4 Å². The molecule has 0 spiro atoms. The molecule has 198 valence electrons. The van der Waals surface area contributed by atoms with Gasteiger partial charge in [-0.15, -0.1) is 6.42 Å². The lowest BCUT2D eigenvalue weighted by Gasteiger charge is -2.18. The van der Waals surface area contributed by atoms with Crippen LogP contribution in [-0.4, -0.2) is 50.7 Å². The van der Waals surface area contributed by atoms with Crippen molar-refractivity contribution in [2.45, 2.75) is 20.8 Å². The molecule has 0 fully saturated rings. The molecule has 4 heterocycles. The summed E-state index contributed by atoms with van der Waals surface area (Å²) in [5.41, 5.74) is 2.47. The number of terminal acetylenes is 1. The second kappa shape index (κ2) is 13.2. The van der Waals surface area contributed by atoms with E-state index in [1.807, 2.05) is 37.3 Å². The molecule has 0 saturated heterocycles. The predicted molar refractivity (Wildman–Crippen MR) is 158 cm³/mol. The van der Waals surface area contributed by atoms with E-state index in [2.05, 4.69) is 44.9 Å². The van der Waals surface area contributed by atoms with E-state index >= 15 is 0 Å². The number of nitrogens with zero attached hydrogens (tertiary/aromatic N) is 5. The van der Waals surface area contributed by atoms with E-state index in [0.717, 1.165) is 30.6 Å². The second-order valence-corrected chi connectivity index (χ2v) is 8.66. The number of hydrogen-bond acceptors (Lipinski definition) is 7. The highest BCUT2D eigenvalue weighted by Crippen LogP contribution is 2.25. The highest BCUT2D eigenvalue weighted by Gasteiger charge is 2.14. The van der Waals surface area contributed by atoms with Crippen LogP contribution in [0.25, 0.3) is 22.2 Å². The zero-order valence-electron chi connectivity index (χ0n) is 22.5. The van der Waals surface area contributed by atoms with Crippen molar-refractivity contribution in [2.75, 3.05) is 31.6 Å². The summed E-state index contributed by atoms with van der Waals surface area (Å²) in [6.45, 7) is 9.61. The molecule has 0 radical (unpaired) electrons. The maximum atomic E-state index is 13.8. The van der Waals surface area contributed by atoms with Gasteiger partial charge in [-0.05, 0) is 68.1 Å². The average molecular weight is 521 g/mol. The first-order chi connectivity index (χ1) is 19.1. The molecule has 0 aliphatic rings. The Bertz CT molecular complexity index is 1560. The fourth-order valence-electron chi connectivity index (χ4n) is 4.21. The maximum absolute atomic E-state index is 13.8. The van der Waals surface area contributed by atoms with Gasteiger partial charge in [0, 0.05) is 42.2 Å². The molecule has 0 atom stereocenters. The summed E-state index contributed by atoms with van der Waals surface area (Å²) >= 11 is 0. The van der Waals surface area contributed by atoms with Gasteiger partial charge in [-0.3, -0.25) is 14.3 Å². The third-order valence-corrected chi connectivity index (χ3v) is 6.35. The number of ether oxygens (including phenoxy) is 1. The minimum atomic E-state index is -0.176. The standard InChI is InChI=1S/C31H32N6O2/c1-5-9-10-23(6-2)27-19-24-21-33-30(20-28(24)37(31(27)38)25-13-15-32-16-14-25)35-29-12-11-26(22-34-29)39-18-17-36(7-3)8-4/h1,6,9-16,19-22H,7-8,17-18H2,2-4H3,(H,33,34,35). The number of nitrogens with one attached hydrogen (secondary N) is 1. The molecule has 0 amide bonds. The van der Waals surface area contributed by atoms with Crippen LogP contribution in [0.5, 0.6) is 5.75 Å². The molecule has 4 aromatic heterocycles. The van der Waals surface area contributed by atoms with Gasteiger partial charge in [0.2, 0.25) is 0 Å². The fraction of sp³-hybridized carbons (Fsp3) is 0.226. The van der Waals surface area contributed by atoms with Gasteiger partial charge in [0.05, 0.1) is 17.4 Å². The van der Waals surface area contributed by atoms with Gasteiger partial charge in [-0.25, -0.2) is 9.97 Å². The zero-order chi connectivity index (χ0) is 27.6. The Morgan fingerprint density at radius 3 is 2.54 bits per heavy atom. The highest BCUT2D eigenvalue weighted by atomic mass is 16.5. The van der Waals surface area contributed by atoms with Gasteiger partial charge in [0.15, 0.2) is 0 Å². The molecular weight excluding hydrogens is 488 g/mol. The SMILES string of the molecule is C#CC=CC(=CC)c1cc2cnc(Nc3ccc(OCCN(CC)CC)cn3)cc2n(-c2ccncc2)c1=O. The van der Waals surface area contributed by atoms with E-state index in [4.69, 9.17) is 11.2 Å². The van der Waals surface area contributed by atoms with E-state index in [1.165, 1.54) is 0 Å². The Hall–Kier alpha value is -4.74. The molecule has 0 aliphatic heterocycles. The van der Waals surface area contributed by atoms with Crippen molar-refractivity contribution >= 4 is 28.1 Å². The Morgan fingerprint density at radius 1 is 1.10 bits per heavy atom. The first-order valence-corrected chi connectivity index (χ1v) is 12.9. The first-order valence-electron chi connectivity index (χ1n) is 12.9. The molecule has 1 N–H and O–H groups in total. The van der Waals surface area contributed by atoms with E-state index in [9.17, 15) is 4.79 Å². The van der Waals surface area contributed by atoms with Crippen molar-refractivity contribution in [3.63, 3.8) is 0 Å². The summed E-state index contributed by atoms with van der Waals surface area (Å²) in [5.74, 6) is 4.36. The lowest BCUT2D eigenvalue weighted by Crippen LogP contribution is -2.27. The Labute approximate surface area is 228 Å². The number of fused-ring (bicyclic) bond motifs is 1. The van der Waals surface area contributed by atoms with E-state index in [-0.39, 0.29) is 5.56 Å².